The first-order chi connectivity index (χ1) is 8.84. The van der Waals surface area contributed by atoms with Gasteiger partial charge < -0.3 is 5.73 Å². The van der Waals surface area contributed by atoms with E-state index >= 15 is 0 Å². The lowest BCUT2D eigenvalue weighted by Gasteiger charge is -2.11. The quantitative estimate of drug-likeness (QED) is 0.472. The third-order valence-corrected chi connectivity index (χ3v) is 4.16. The third-order valence-electron chi connectivity index (χ3n) is 4.16. The van der Waals surface area contributed by atoms with Crippen LogP contribution in [0.1, 0.15) is 17.5 Å². The molecule has 0 spiro atoms. The zero-order valence-electron chi connectivity index (χ0n) is 10.6. The van der Waals surface area contributed by atoms with Gasteiger partial charge in [0.15, 0.2) is 0 Å². The normalized spacial score (nSPS) is 13.5. The van der Waals surface area contributed by atoms with Gasteiger partial charge in [-0.3, -0.25) is 0 Å². The summed E-state index contributed by atoms with van der Waals surface area (Å²) in [4.78, 5) is 0. The van der Waals surface area contributed by atoms with Gasteiger partial charge in [-0.2, -0.15) is 0 Å². The smallest absolute Gasteiger partial charge is 0.0356 e. The molecule has 0 aliphatic heterocycles. The second-order valence-electron chi connectivity index (χ2n) is 5.16. The summed E-state index contributed by atoms with van der Waals surface area (Å²) in [6.45, 7) is 0. The molecule has 19 heavy (non-hydrogen) atoms. The van der Waals surface area contributed by atoms with Crippen LogP contribution < -0.4 is 5.73 Å². The first-order valence-corrected chi connectivity index (χ1v) is 6.56. The summed E-state index contributed by atoms with van der Waals surface area (Å²) in [6.07, 6.45) is 3.56. The van der Waals surface area contributed by atoms with Crippen LogP contribution in [0.2, 0.25) is 0 Å². The Kier molecular flexibility index (Phi) is 2.87. The molecule has 0 saturated heterocycles. The summed E-state index contributed by atoms with van der Waals surface area (Å²) in [5.41, 5.74) is 10.1. The fraction of sp³-hybridized carbons (Fsp3) is 0.176. The Morgan fingerprint density at radius 3 is 2.47 bits per heavy atom. The number of nitrogen functional groups attached to an aromatic ring is 1. The molecule has 0 saturated carbocycles. The van der Waals surface area contributed by atoms with Crippen LogP contribution in [0.5, 0.6) is 0 Å². The van der Waals surface area contributed by atoms with E-state index in [1.807, 2.05) is 0 Å². The molecular weight excluding hydrogens is 254 g/mol. The van der Waals surface area contributed by atoms with Gasteiger partial charge in [0.25, 0.3) is 0 Å². The maximum absolute atomic E-state index is 6.23. The van der Waals surface area contributed by atoms with E-state index in [2.05, 4.69) is 42.5 Å². The first-order valence-electron chi connectivity index (χ1n) is 6.56. The molecule has 0 fully saturated rings. The molecule has 0 bridgehead atoms. The van der Waals surface area contributed by atoms with E-state index in [0.717, 1.165) is 12.1 Å². The van der Waals surface area contributed by atoms with Gasteiger partial charge in [-0.1, -0.05) is 36.4 Å². The van der Waals surface area contributed by atoms with Crippen LogP contribution in [0.3, 0.4) is 0 Å². The summed E-state index contributed by atoms with van der Waals surface area (Å²) in [5.74, 6) is 0. The van der Waals surface area contributed by atoms with Crippen LogP contribution in [0.15, 0.2) is 42.5 Å². The largest absolute Gasteiger partial charge is 0.398 e. The molecule has 0 unspecified atom stereocenters. The number of fused-ring (bicyclic) bond motifs is 5. The van der Waals surface area contributed by atoms with Crippen LogP contribution in [-0.4, -0.2) is 0 Å². The van der Waals surface area contributed by atoms with E-state index in [9.17, 15) is 0 Å². The fourth-order valence-electron chi connectivity index (χ4n) is 3.32. The van der Waals surface area contributed by atoms with E-state index in [1.54, 1.807) is 0 Å². The molecule has 2 heteroatoms. The zero-order chi connectivity index (χ0) is 12.1. The molecule has 3 aromatic carbocycles. The molecule has 1 aliphatic rings. The Morgan fingerprint density at radius 1 is 0.789 bits per heavy atom. The van der Waals surface area contributed by atoms with Crippen molar-refractivity contribution in [3.05, 3.63) is 53.6 Å². The van der Waals surface area contributed by atoms with E-state index in [0.29, 0.717) is 0 Å². The molecule has 3 aromatic rings. The highest BCUT2D eigenvalue weighted by atomic mass is 35.5. The standard InChI is InChI=1S/C17H15N.ClH/c18-17-10-16-12-5-2-1-4-11(12)8-9-14(16)13-6-3-7-15(13)17;/h1-2,4-5,8-10H,3,6-7,18H2;1H. The molecule has 0 aromatic heterocycles. The lowest BCUT2D eigenvalue weighted by atomic mass is 9.95. The number of aryl methyl sites for hydroxylation is 1. The van der Waals surface area contributed by atoms with E-state index in [1.165, 1.54) is 45.5 Å². The Morgan fingerprint density at radius 2 is 1.58 bits per heavy atom. The molecule has 0 atom stereocenters. The maximum atomic E-state index is 6.23. The van der Waals surface area contributed by atoms with Gasteiger partial charge >= 0.3 is 0 Å². The second-order valence-corrected chi connectivity index (χ2v) is 5.16. The second kappa shape index (κ2) is 4.43. The Labute approximate surface area is 118 Å². The van der Waals surface area contributed by atoms with Crippen LogP contribution in [0.4, 0.5) is 5.69 Å². The highest BCUT2D eigenvalue weighted by Crippen LogP contribution is 2.37. The molecule has 4 rings (SSSR count). The van der Waals surface area contributed by atoms with Crippen molar-refractivity contribution >= 4 is 39.6 Å². The number of hydrogen-bond acceptors (Lipinski definition) is 1. The molecule has 2 N–H and O–H groups in total. The lowest BCUT2D eigenvalue weighted by molar-refractivity contribution is 0.914. The van der Waals surface area contributed by atoms with Crippen molar-refractivity contribution in [3.63, 3.8) is 0 Å². The number of anilines is 1. The third kappa shape index (κ3) is 1.69. The molecule has 0 radical (unpaired) electrons. The molecule has 0 heterocycles. The molecule has 1 aliphatic carbocycles. The zero-order valence-corrected chi connectivity index (χ0v) is 11.5. The Hall–Kier alpha value is -1.73. The van der Waals surface area contributed by atoms with Gasteiger partial charge in [0.05, 0.1) is 0 Å². The van der Waals surface area contributed by atoms with Gasteiger partial charge in [0, 0.05) is 5.69 Å². The number of rotatable bonds is 0. The average Bonchev–Trinajstić information content (AvgIpc) is 2.89. The van der Waals surface area contributed by atoms with Crippen LogP contribution in [-0.2, 0) is 12.8 Å². The minimum atomic E-state index is 0. The summed E-state index contributed by atoms with van der Waals surface area (Å²) < 4.78 is 0. The minimum Gasteiger partial charge on any atom is -0.398 e. The van der Waals surface area contributed by atoms with Crippen molar-refractivity contribution in [1.29, 1.82) is 0 Å². The number of nitrogens with two attached hydrogens (primary N) is 1. The van der Waals surface area contributed by atoms with E-state index in [4.69, 9.17) is 5.73 Å². The number of hydrogen-bond donors (Lipinski definition) is 1. The summed E-state index contributed by atoms with van der Waals surface area (Å²) in [7, 11) is 0. The maximum Gasteiger partial charge on any atom is 0.0356 e. The van der Waals surface area contributed by atoms with Gasteiger partial charge in [-0.25, -0.2) is 0 Å². The molecule has 0 amide bonds. The highest BCUT2D eigenvalue weighted by Gasteiger charge is 2.17. The molecule has 1 nitrogen and oxygen atoms in total. The Bertz CT molecular complexity index is 777. The SMILES string of the molecule is Cl.Nc1cc2c(ccc3ccccc32)c2c1CCC2. The predicted molar refractivity (Wildman–Crippen MR) is 85.1 cm³/mol. The fourth-order valence-corrected chi connectivity index (χ4v) is 3.32. The number of benzene rings is 3. The number of halogens is 1. The Balaban J connectivity index is 0.00000110. The molecular formula is C17H16ClN. The highest BCUT2D eigenvalue weighted by molar-refractivity contribution is 6.10. The van der Waals surface area contributed by atoms with E-state index < -0.39 is 0 Å². The summed E-state index contributed by atoms with van der Waals surface area (Å²) >= 11 is 0. The van der Waals surface area contributed by atoms with Crippen molar-refractivity contribution in [1.82, 2.24) is 0 Å². The van der Waals surface area contributed by atoms with Crippen molar-refractivity contribution in [2.24, 2.45) is 0 Å². The van der Waals surface area contributed by atoms with Crippen LogP contribution in [0.25, 0.3) is 21.5 Å². The van der Waals surface area contributed by atoms with Crippen molar-refractivity contribution in [3.8, 4) is 0 Å². The minimum absolute atomic E-state index is 0. The lowest BCUT2D eigenvalue weighted by Crippen LogP contribution is -1.95. The predicted octanol–water partition coefficient (Wildman–Crippen LogP) is 4.49. The van der Waals surface area contributed by atoms with Crippen LogP contribution >= 0.6 is 12.4 Å². The van der Waals surface area contributed by atoms with Gasteiger partial charge in [0.1, 0.15) is 0 Å². The molecule has 96 valence electrons. The van der Waals surface area contributed by atoms with Gasteiger partial charge in [-0.15, -0.1) is 12.4 Å². The van der Waals surface area contributed by atoms with Crippen molar-refractivity contribution in [2.75, 3.05) is 5.73 Å². The summed E-state index contributed by atoms with van der Waals surface area (Å²) in [5, 5.41) is 5.32. The topological polar surface area (TPSA) is 26.0 Å². The first kappa shape index (κ1) is 12.3. The monoisotopic (exact) mass is 269 g/mol. The van der Waals surface area contributed by atoms with E-state index in [-0.39, 0.29) is 12.4 Å². The van der Waals surface area contributed by atoms with Gasteiger partial charge in [0.2, 0.25) is 0 Å². The summed E-state index contributed by atoms with van der Waals surface area (Å²) in [6, 6.07) is 15.2. The average molecular weight is 270 g/mol. The van der Waals surface area contributed by atoms with Gasteiger partial charge in [-0.05, 0) is 58.0 Å². The van der Waals surface area contributed by atoms with Crippen molar-refractivity contribution in [2.45, 2.75) is 19.3 Å². The van der Waals surface area contributed by atoms with Crippen LogP contribution in [0, 0.1) is 0 Å². The van der Waals surface area contributed by atoms with Crippen molar-refractivity contribution < 1.29 is 0 Å².